The molecule has 6 nitrogen and oxygen atoms in total. The summed E-state index contributed by atoms with van der Waals surface area (Å²) in [7, 11) is 1.33. The monoisotopic (exact) mass is 250 g/mol. The standard InChI is InChI=1S/C12H14N2O4/c1-18-12(17)8-4-6-14(7-8)11(16)9-3-2-5-13-10(9)15/h2-3,5,8H,4,6-7H2,1H3,(H,13,15). The topological polar surface area (TPSA) is 79.5 Å². The Balaban J connectivity index is 2.11. The summed E-state index contributed by atoms with van der Waals surface area (Å²) in [5.41, 5.74) is -0.313. The third kappa shape index (κ3) is 2.27. The van der Waals surface area contributed by atoms with E-state index in [-0.39, 0.29) is 23.4 Å². The lowest BCUT2D eigenvalue weighted by Gasteiger charge is -2.15. The zero-order chi connectivity index (χ0) is 13.1. The van der Waals surface area contributed by atoms with Crippen LogP contribution in [0.1, 0.15) is 16.8 Å². The molecule has 6 heteroatoms. The predicted octanol–water partition coefficient (Wildman–Crippen LogP) is 0.0100. The molecular formula is C12H14N2O4. The maximum Gasteiger partial charge on any atom is 0.310 e. The summed E-state index contributed by atoms with van der Waals surface area (Å²) in [5, 5.41) is 0. The first-order valence-electron chi connectivity index (χ1n) is 5.68. The van der Waals surface area contributed by atoms with E-state index in [0.29, 0.717) is 19.5 Å². The normalized spacial score (nSPS) is 18.7. The average molecular weight is 250 g/mol. The largest absolute Gasteiger partial charge is 0.469 e. The van der Waals surface area contributed by atoms with Crippen molar-refractivity contribution in [2.24, 2.45) is 5.92 Å². The first kappa shape index (κ1) is 12.3. The smallest absolute Gasteiger partial charge is 0.310 e. The molecule has 18 heavy (non-hydrogen) atoms. The van der Waals surface area contributed by atoms with Gasteiger partial charge in [0, 0.05) is 19.3 Å². The highest BCUT2D eigenvalue weighted by atomic mass is 16.5. The van der Waals surface area contributed by atoms with Gasteiger partial charge < -0.3 is 14.6 Å². The first-order chi connectivity index (χ1) is 8.63. The van der Waals surface area contributed by atoms with Crippen LogP contribution in [0.3, 0.4) is 0 Å². The second-order valence-electron chi connectivity index (χ2n) is 4.17. The molecule has 1 unspecified atom stereocenters. The van der Waals surface area contributed by atoms with Crippen LogP contribution in [0, 0.1) is 5.92 Å². The molecule has 1 N–H and O–H groups in total. The van der Waals surface area contributed by atoms with Gasteiger partial charge in [-0.2, -0.15) is 0 Å². The molecule has 1 aliphatic rings. The fourth-order valence-electron chi connectivity index (χ4n) is 2.06. The van der Waals surface area contributed by atoms with Crippen LogP contribution in [0.15, 0.2) is 23.1 Å². The number of likely N-dealkylation sites (tertiary alicyclic amines) is 1. The molecular weight excluding hydrogens is 236 g/mol. The van der Waals surface area contributed by atoms with Gasteiger partial charge >= 0.3 is 5.97 Å². The van der Waals surface area contributed by atoms with Crippen LogP contribution in [-0.2, 0) is 9.53 Å². The van der Waals surface area contributed by atoms with Crippen LogP contribution < -0.4 is 5.56 Å². The summed E-state index contributed by atoms with van der Waals surface area (Å²) in [5.74, 6) is -0.947. The van der Waals surface area contributed by atoms with Gasteiger partial charge in [-0.3, -0.25) is 14.4 Å². The fourth-order valence-corrected chi connectivity index (χ4v) is 2.06. The molecule has 0 bridgehead atoms. The number of H-pyrrole nitrogens is 1. The van der Waals surface area contributed by atoms with E-state index in [9.17, 15) is 14.4 Å². The van der Waals surface area contributed by atoms with Crippen LogP contribution in [-0.4, -0.2) is 42.0 Å². The van der Waals surface area contributed by atoms with Gasteiger partial charge in [0.15, 0.2) is 0 Å². The Morgan fingerprint density at radius 1 is 1.50 bits per heavy atom. The minimum Gasteiger partial charge on any atom is -0.469 e. The number of pyridine rings is 1. The van der Waals surface area contributed by atoms with Gasteiger partial charge in [-0.15, -0.1) is 0 Å². The van der Waals surface area contributed by atoms with Gasteiger partial charge in [0.05, 0.1) is 13.0 Å². The number of nitrogens with one attached hydrogen (secondary N) is 1. The number of carbonyl (C=O) groups excluding carboxylic acids is 2. The Hall–Kier alpha value is -2.11. The molecule has 1 atom stereocenters. The third-order valence-electron chi connectivity index (χ3n) is 3.06. The van der Waals surface area contributed by atoms with Crippen molar-refractivity contribution in [2.45, 2.75) is 6.42 Å². The predicted molar refractivity (Wildman–Crippen MR) is 63.1 cm³/mol. The van der Waals surface area contributed by atoms with Gasteiger partial charge in [0.2, 0.25) is 0 Å². The van der Waals surface area contributed by atoms with E-state index in [1.54, 1.807) is 6.07 Å². The molecule has 0 spiro atoms. The average Bonchev–Trinajstić information content (AvgIpc) is 2.87. The molecule has 1 amide bonds. The lowest BCUT2D eigenvalue weighted by atomic mass is 10.1. The summed E-state index contributed by atoms with van der Waals surface area (Å²) in [4.78, 5) is 38.9. The van der Waals surface area contributed by atoms with Crippen LogP contribution >= 0.6 is 0 Å². The van der Waals surface area contributed by atoms with E-state index in [4.69, 9.17) is 0 Å². The van der Waals surface area contributed by atoms with Crippen molar-refractivity contribution in [3.05, 3.63) is 34.2 Å². The Morgan fingerprint density at radius 3 is 2.94 bits per heavy atom. The van der Waals surface area contributed by atoms with E-state index >= 15 is 0 Å². The van der Waals surface area contributed by atoms with Crippen molar-refractivity contribution in [1.29, 1.82) is 0 Å². The van der Waals surface area contributed by atoms with Crippen molar-refractivity contribution in [3.8, 4) is 0 Å². The van der Waals surface area contributed by atoms with E-state index in [1.807, 2.05) is 0 Å². The van der Waals surface area contributed by atoms with Crippen molar-refractivity contribution in [3.63, 3.8) is 0 Å². The number of esters is 1. The van der Waals surface area contributed by atoms with Crippen LogP contribution in [0.4, 0.5) is 0 Å². The zero-order valence-corrected chi connectivity index (χ0v) is 10.0. The van der Waals surface area contributed by atoms with Gasteiger partial charge in [0.1, 0.15) is 5.56 Å². The fraction of sp³-hybridized carbons (Fsp3) is 0.417. The number of nitrogens with zero attached hydrogens (tertiary/aromatic N) is 1. The first-order valence-corrected chi connectivity index (χ1v) is 5.68. The van der Waals surface area contributed by atoms with Crippen molar-refractivity contribution in [2.75, 3.05) is 20.2 Å². The molecule has 0 aromatic carbocycles. The Bertz CT molecular complexity index is 523. The zero-order valence-electron chi connectivity index (χ0n) is 10.0. The molecule has 96 valence electrons. The number of carbonyl (C=O) groups is 2. The molecule has 1 aromatic heterocycles. The van der Waals surface area contributed by atoms with Crippen molar-refractivity contribution < 1.29 is 14.3 Å². The number of methoxy groups -OCH3 is 1. The van der Waals surface area contributed by atoms with Gasteiger partial charge in [-0.1, -0.05) is 0 Å². The molecule has 2 rings (SSSR count). The SMILES string of the molecule is COC(=O)C1CCN(C(=O)c2ccc[nH]c2=O)C1. The number of amides is 1. The highest BCUT2D eigenvalue weighted by molar-refractivity contribution is 5.94. The minimum absolute atomic E-state index is 0.100. The van der Waals surface area contributed by atoms with Gasteiger partial charge in [-0.05, 0) is 18.6 Å². The molecule has 0 saturated carbocycles. The Kier molecular flexibility index (Phi) is 3.45. The lowest BCUT2D eigenvalue weighted by Crippen LogP contribution is -2.33. The van der Waals surface area contributed by atoms with Crippen LogP contribution in [0.25, 0.3) is 0 Å². The summed E-state index contributed by atoms with van der Waals surface area (Å²) < 4.78 is 4.65. The lowest BCUT2D eigenvalue weighted by molar-refractivity contribution is -0.144. The van der Waals surface area contributed by atoms with E-state index in [0.717, 1.165) is 0 Å². The molecule has 1 aliphatic heterocycles. The number of aromatic nitrogens is 1. The van der Waals surface area contributed by atoms with Crippen LogP contribution in [0.2, 0.25) is 0 Å². The number of rotatable bonds is 2. The molecule has 1 saturated heterocycles. The van der Waals surface area contributed by atoms with Crippen molar-refractivity contribution >= 4 is 11.9 Å². The van der Waals surface area contributed by atoms with E-state index < -0.39 is 5.56 Å². The maximum absolute atomic E-state index is 12.1. The molecule has 2 heterocycles. The maximum atomic E-state index is 12.1. The van der Waals surface area contributed by atoms with Gasteiger partial charge in [-0.25, -0.2) is 0 Å². The summed E-state index contributed by atoms with van der Waals surface area (Å²) in [6.45, 7) is 0.771. The second kappa shape index (κ2) is 5.03. The molecule has 1 aromatic rings. The summed E-state index contributed by atoms with van der Waals surface area (Å²) in [6, 6.07) is 3.08. The number of hydrogen-bond acceptors (Lipinski definition) is 4. The quantitative estimate of drug-likeness (QED) is 0.750. The highest BCUT2D eigenvalue weighted by Crippen LogP contribution is 2.18. The van der Waals surface area contributed by atoms with E-state index in [1.165, 1.54) is 24.3 Å². The Morgan fingerprint density at radius 2 is 2.28 bits per heavy atom. The third-order valence-corrected chi connectivity index (χ3v) is 3.06. The van der Waals surface area contributed by atoms with Crippen molar-refractivity contribution in [1.82, 2.24) is 9.88 Å². The summed E-state index contributed by atoms with van der Waals surface area (Å²) >= 11 is 0. The van der Waals surface area contributed by atoms with Gasteiger partial charge in [0.25, 0.3) is 11.5 Å². The number of hydrogen-bond donors (Lipinski definition) is 1. The number of aromatic amines is 1. The molecule has 1 fully saturated rings. The number of ether oxygens (including phenoxy) is 1. The Labute approximate surface area is 104 Å². The second-order valence-corrected chi connectivity index (χ2v) is 4.17. The minimum atomic E-state index is -0.413. The summed E-state index contributed by atoms with van der Waals surface area (Å²) in [6.07, 6.45) is 2.05. The van der Waals surface area contributed by atoms with Crippen LogP contribution in [0.5, 0.6) is 0 Å². The molecule has 0 radical (unpaired) electrons. The highest BCUT2D eigenvalue weighted by Gasteiger charge is 2.32. The van der Waals surface area contributed by atoms with E-state index in [2.05, 4.69) is 9.72 Å². The molecule has 0 aliphatic carbocycles.